The molecule has 1 aromatic rings. The summed E-state index contributed by atoms with van der Waals surface area (Å²) < 4.78 is 0. The SMILES string of the molecule is CC(C)CCCNc1nc(Cl)c(C#N)s1. The lowest BCUT2D eigenvalue weighted by atomic mass is 10.1. The Kier molecular flexibility index (Phi) is 4.86. The Labute approximate surface area is 99.1 Å². The van der Waals surface area contributed by atoms with E-state index in [1.54, 1.807) is 0 Å². The molecule has 0 aliphatic heterocycles. The van der Waals surface area contributed by atoms with Crippen LogP contribution in [0.5, 0.6) is 0 Å². The van der Waals surface area contributed by atoms with Crippen LogP contribution < -0.4 is 5.32 Å². The molecule has 0 unspecified atom stereocenters. The fraction of sp³-hybridized carbons (Fsp3) is 0.600. The van der Waals surface area contributed by atoms with Crippen molar-refractivity contribution in [3.8, 4) is 6.07 Å². The lowest BCUT2D eigenvalue weighted by Crippen LogP contribution is -2.02. The molecule has 0 saturated carbocycles. The minimum Gasteiger partial charge on any atom is -0.361 e. The molecule has 0 aliphatic rings. The van der Waals surface area contributed by atoms with Crippen molar-refractivity contribution in [1.82, 2.24) is 4.98 Å². The monoisotopic (exact) mass is 243 g/mol. The number of nitrogens with zero attached hydrogens (tertiary/aromatic N) is 2. The third-order valence-corrected chi connectivity index (χ3v) is 3.23. The summed E-state index contributed by atoms with van der Waals surface area (Å²) in [6.07, 6.45) is 2.30. The van der Waals surface area contributed by atoms with E-state index in [0.29, 0.717) is 10.0 Å². The van der Waals surface area contributed by atoms with Crippen molar-refractivity contribution in [2.45, 2.75) is 26.7 Å². The molecule has 82 valence electrons. The first-order valence-electron chi connectivity index (χ1n) is 4.93. The summed E-state index contributed by atoms with van der Waals surface area (Å²) in [5.41, 5.74) is 0. The number of nitrogens with one attached hydrogen (secondary N) is 1. The van der Waals surface area contributed by atoms with E-state index in [9.17, 15) is 0 Å². The zero-order chi connectivity index (χ0) is 11.3. The number of rotatable bonds is 5. The molecule has 0 bridgehead atoms. The molecule has 1 heterocycles. The molecule has 0 saturated heterocycles. The van der Waals surface area contributed by atoms with Gasteiger partial charge < -0.3 is 5.32 Å². The Morgan fingerprint density at radius 1 is 1.60 bits per heavy atom. The Bertz CT molecular complexity index is 354. The standard InChI is InChI=1S/C10H14ClN3S/c1-7(2)4-3-5-13-10-14-9(11)8(6-12)15-10/h7H,3-5H2,1-2H3,(H,13,14). The molecule has 0 amide bonds. The van der Waals surface area contributed by atoms with Gasteiger partial charge in [-0.05, 0) is 18.8 Å². The van der Waals surface area contributed by atoms with Gasteiger partial charge in [-0.15, -0.1) is 0 Å². The van der Waals surface area contributed by atoms with E-state index in [-0.39, 0.29) is 0 Å². The average molecular weight is 244 g/mol. The van der Waals surface area contributed by atoms with Crippen LogP contribution in [-0.4, -0.2) is 11.5 Å². The molecule has 15 heavy (non-hydrogen) atoms. The molecule has 0 aliphatic carbocycles. The normalized spacial score (nSPS) is 10.3. The summed E-state index contributed by atoms with van der Waals surface area (Å²) >= 11 is 7.05. The predicted octanol–water partition coefficient (Wildman–Crippen LogP) is 3.52. The molecule has 1 rings (SSSR count). The smallest absolute Gasteiger partial charge is 0.185 e. The zero-order valence-corrected chi connectivity index (χ0v) is 10.5. The molecule has 3 nitrogen and oxygen atoms in total. The number of aromatic nitrogens is 1. The molecule has 0 fully saturated rings. The lowest BCUT2D eigenvalue weighted by molar-refractivity contribution is 0.567. The van der Waals surface area contributed by atoms with Gasteiger partial charge in [0.1, 0.15) is 10.9 Å². The molecule has 0 atom stereocenters. The minimum absolute atomic E-state index is 0.300. The van der Waals surface area contributed by atoms with Crippen LogP contribution in [0.2, 0.25) is 5.15 Å². The van der Waals surface area contributed by atoms with E-state index in [1.165, 1.54) is 17.8 Å². The quantitative estimate of drug-likeness (QED) is 0.805. The van der Waals surface area contributed by atoms with Crippen LogP contribution in [0.15, 0.2) is 0 Å². The first-order valence-corrected chi connectivity index (χ1v) is 6.13. The maximum Gasteiger partial charge on any atom is 0.185 e. The van der Waals surface area contributed by atoms with Gasteiger partial charge in [0.15, 0.2) is 10.3 Å². The first-order chi connectivity index (χ1) is 7.13. The maximum atomic E-state index is 8.68. The van der Waals surface area contributed by atoms with Crippen molar-refractivity contribution in [3.63, 3.8) is 0 Å². The van der Waals surface area contributed by atoms with E-state index in [2.05, 4.69) is 24.1 Å². The highest BCUT2D eigenvalue weighted by Crippen LogP contribution is 2.25. The molecular formula is C10H14ClN3S. The number of thiazole rings is 1. The van der Waals surface area contributed by atoms with E-state index < -0.39 is 0 Å². The van der Waals surface area contributed by atoms with Gasteiger partial charge in [-0.25, -0.2) is 4.98 Å². The summed E-state index contributed by atoms with van der Waals surface area (Å²) in [7, 11) is 0. The summed E-state index contributed by atoms with van der Waals surface area (Å²) in [5.74, 6) is 0.723. The van der Waals surface area contributed by atoms with E-state index in [1.807, 2.05) is 6.07 Å². The van der Waals surface area contributed by atoms with Gasteiger partial charge in [0, 0.05) is 6.54 Å². The highest BCUT2D eigenvalue weighted by molar-refractivity contribution is 7.16. The van der Waals surface area contributed by atoms with E-state index in [4.69, 9.17) is 16.9 Å². The third-order valence-electron chi connectivity index (χ3n) is 1.92. The van der Waals surface area contributed by atoms with Gasteiger partial charge in [-0.2, -0.15) is 5.26 Å². The van der Waals surface area contributed by atoms with Crippen molar-refractivity contribution in [1.29, 1.82) is 5.26 Å². The maximum absolute atomic E-state index is 8.68. The number of halogens is 1. The van der Waals surface area contributed by atoms with Gasteiger partial charge in [0.25, 0.3) is 0 Å². The lowest BCUT2D eigenvalue weighted by Gasteiger charge is -2.04. The van der Waals surface area contributed by atoms with Crippen molar-refractivity contribution in [3.05, 3.63) is 10.0 Å². The van der Waals surface area contributed by atoms with Crippen LogP contribution in [-0.2, 0) is 0 Å². The van der Waals surface area contributed by atoms with Crippen molar-refractivity contribution in [2.24, 2.45) is 5.92 Å². The Morgan fingerprint density at radius 3 is 2.87 bits per heavy atom. The first kappa shape index (κ1) is 12.3. The summed E-state index contributed by atoms with van der Waals surface area (Å²) in [4.78, 5) is 4.52. The number of hydrogen-bond acceptors (Lipinski definition) is 4. The fourth-order valence-corrected chi connectivity index (χ4v) is 2.12. The zero-order valence-electron chi connectivity index (χ0n) is 8.88. The second kappa shape index (κ2) is 5.94. The molecule has 0 spiro atoms. The van der Waals surface area contributed by atoms with Crippen LogP contribution in [0.4, 0.5) is 5.13 Å². The number of hydrogen-bond donors (Lipinski definition) is 1. The molecule has 0 radical (unpaired) electrons. The van der Waals surface area contributed by atoms with Crippen molar-refractivity contribution < 1.29 is 0 Å². The summed E-state index contributed by atoms with van der Waals surface area (Å²) in [5, 5.41) is 12.9. The number of anilines is 1. The molecule has 1 N–H and O–H groups in total. The van der Waals surface area contributed by atoms with Gasteiger partial charge in [0.2, 0.25) is 0 Å². The number of nitriles is 1. The van der Waals surface area contributed by atoms with E-state index >= 15 is 0 Å². The van der Waals surface area contributed by atoms with Crippen LogP contribution in [0.25, 0.3) is 0 Å². The largest absolute Gasteiger partial charge is 0.361 e. The highest BCUT2D eigenvalue weighted by atomic mass is 35.5. The van der Waals surface area contributed by atoms with Crippen molar-refractivity contribution >= 4 is 28.1 Å². The third kappa shape index (κ3) is 4.06. The molecule has 5 heteroatoms. The molecule has 0 aromatic carbocycles. The van der Waals surface area contributed by atoms with E-state index in [0.717, 1.165) is 24.0 Å². The molecular weight excluding hydrogens is 230 g/mol. The average Bonchev–Trinajstić information content (AvgIpc) is 2.53. The molecule has 1 aromatic heterocycles. The van der Waals surface area contributed by atoms with Gasteiger partial charge in [-0.3, -0.25) is 0 Å². The highest BCUT2D eigenvalue weighted by Gasteiger charge is 2.07. The predicted molar refractivity (Wildman–Crippen MR) is 64.4 cm³/mol. The fourth-order valence-electron chi connectivity index (χ4n) is 1.15. The summed E-state index contributed by atoms with van der Waals surface area (Å²) in [6.45, 7) is 5.29. The van der Waals surface area contributed by atoms with Crippen LogP contribution >= 0.6 is 22.9 Å². The second-order valence-corrected chi connectivity index (χ2v) is 5.07. The minimum atomic E-state index is 0.300. The van der Waals surface area contributed by atoms with Crippen LogP contribution in [0, 0.1) is 17.2 Å². The van der Waals surface area contributed by atoms with Gasteiger partial charge in [0.05, 0.1) is 0 Å². The topological polar surface area (TPSA) is 48.7 Å². The van der Waals surface area contributed by atoms with Crippen LogP contribution in [0.1, 0.15) is 31.6 Å². The van der Waals surface area contributed by atoms with Crippen molar-refractivity contribution in [2.75, 3.05) is 11.9 Å². The Morgan fingerprint density at radius 2 is 2.33 bits per heavy atom. The Balaban J connectivity index is 2.35. The summed E-state index contributed by atoms with van der Waals surface area (Å²) in [6, 6.07) is 2.01. The van der Waals surface area contributed by atoms with Crippen LogP contribution in [0.3, 0.4) is 0 Å². The second-order valence-electron chi connectivity index (χ2n) is 3.71. The van der Waals surface area contributed by atoms with Gasteiger partial charge in [-0.1, -0.05) is 36.8 Å². The Hall–Kier alpha value is -0.790. The van der Waals surface area contributed by atoms with Gasteiger partial charge >= 0.3 is 0 Å².